The molecule has 200 valence electrons. The maximum Gasteiger partial charge on any atom is 0.251 e. The van der Waals surface area contributed by atoms with Crippen LogP contribution in [0, 0.1) is 0 Å². The molecule has 1 fully saturated rings. The summed E-state index contributed by atoms with van der Waals surface area (Å²) in [6.07, 6.45) is 2.97. The summed E-state index contributed by atoms with van der Waals surface area (Å²) in [6.45, 7) is 14.2. The Kier molecular flexibility index (Phi) is 8.97. The highest BCUT2D eigenvalue weighted by atomic mass is 32.2. The molecule has 0 aromatic heterocycles. The van der Waals surface area contributed by atoms with Gasteiger partial charge < -0.3 is 10.6 Å². The quantitative estimate of drug-likeness (QED) is 0.505. The maximum absolute atomic E-state index is 13.4. The smallest absolute Gasteiger partial charge is 0.251 e. The van der Waals surface area contributed by atoms with Gasteiger partial charge in [0, 0.05) is 30.2 Å². The molecule has 7 nitrogen and oxygen atoms in total. The van der Waals surface area contributed by atoms with Gasteiger partial charge in [0.25, 0.3) is 5.91 Å². The molecule has 2 N–H and O–H groups in total. The van der Waals surface area contributed by atoms with E-state index in [1.807, 2.05) is 13.8 Å². The zero-order chi connectivity index (χ0) is 27.4. The number of nitrogens with one attached hydrogen (secondary N) is 2. The minimum absolute atomic E-state index is 0.0992. The molecule has 1 aliphatic rings. The molecule has 1 heterocycles. The molecule has 0 radical (unpaired) electrons. The lowest BCUT2D eigenvalue weighted by atomic mass is 9.86. The number of carbonyl (C=O) groups is 2. The molecule has 0 spiro atoms. The molecule has 1 aliphatic heterocycles. The normalized spacial score (nSPS) is 20.7. The van der Waals surface area contributed by atoms with Crippen LogP contribution < -0.4 is 10.6 Å². The Hall–Kier alpha value is -2.97. The second-order valence-corrected chi connectivity index (χ2v) is 12.7. The monoisotopic (exact) mass is 525 g/mol. The maximum atomic E-state index is 13.4. The third-order valence-electron chi connectivity index (χ3n) is 6.86. The summed E-state index contributed by atoms with van der Waals surface area (Å²) in [4.78, 5) is 24.4. The molecule has 0 saturated carbocycles. The highest BCUT2D eigenvalue weighted by Crippen LogP contribution is 2.30. The Morgan fingerprint density at radius 1 is 1.00 bits per heavy atom. The molecule has 0 aliphatic carbocycles. The molecule has 8 heteroatoms. The second-order valence-electron chi connectivity index (χ2n) is 10.9. The Balaban J connectivity index is 1.59. The van der Waals surface area contributed by atoms with E-state index in [1.54, 1.807) is 12.1 Å². The average molecular weight is 526 g/mol. The van der Waals surface area contributed by atoms with Crippen LogP contribution in [0.2, 0.25) is 0 Å². The Bertz CT molecular complexity index is 1200. The van der Waals surface area contributed by atoms with Crippen molar-refractivity contribution >= 4 is 21.8 Å². The Morgan fingerprint density at radius 2 is 1.57 bits per heavy atom. The first-order valence-electron chi connectivity index (χ1n) is 12.8. The molecule has 2 amide bonds. The van der Waals surface area contributed by atoms with E-state index in [-0.39, 0.29) is 40.3 Å². The summed E-state index contributed by atoms with van der Waals surface area (Å²) in [5, 5.41) is 5.79. The van der Waals surface area contributed by atoms with Gasteiger partial charge in [-0.05, 0) is 80.0 Å². The van der Waals surface area contributed by atoms with E-state index in [0.29, 0.717) is 31.4 Å². The topological polar surface area (TPSA) is 95.6 Å². The van der Waals surface area contributed by atoms with Crippen molar-refractivity contribution in [2.45, 2.75) is 82.3 Å². The number of carbonyl (C=O) groups excluding carboxylic acids is 2. The van der Waals surface area contributed by atoms with Gasteiger partial charge in [0.05, 0.1) is 4.90 Å². The summed E-state index contributed by atoms with van der Waals surface area (Å²) < 4.78 is 28.3. The largest absolute Gasteiger partial charge is 0.352 e. The van der Waals surface area contributed by atoms with E-state index in [2.05, 4.69) is 62.2 Å². The number of hydrogen-bond donors (Lipinski definition) is 2. The fourth-order valence-corrected chi connectivity index (χ4v) is 6.75. The molecule has 2 aromatic carbocycles. The molecular formula is C29H39N3O4S. The van der Waals surface area contributed by atoms with E-state index < -0.39 is 10.0 Å². The van der Waals surface area contributed by atoms with Crippen LogP contribution in [0.4, 0.5) is 0 Å². The van der Waals surface area contributed by atoms with Gasteiger partial charge >= 0.3 is 0 Å². The number of sulfonamides is 1. The van der Waals surface area contributed by atoms with Crippen LogP contribution in [0.5, 0.6) is 0 Å². The molecule has 0 bridgehead atoms. The van der Waals surface area contributed by atoms with Crippen molar-refractivity contribution in [2.75, 3.05) is 6.54 Å². The van der Waals surface area contributed by atoms with Gasteiger partial charge in [-0.15, -0.1) is 0 Å². The zero-order valence-corrected chi connectivity index (χ0v) is 23.3. The number of piperidine rings is 1. The third kappa shape index (κ3) is 7.08. The predicted molar refractivity (Wildman–Crippen MR) is 147 cm³/mol. The van der Waals surface area contributed by atoms with Crippen molar-refractivity contribution in [3.8, 4) is 0 Å². The lowest BCUT2D eigenvalue weighted by Crippen LogP contribution is -2.54. The minimum atomic E-state index is -3.76. The van der Waals surface area contributed by atoms with Crippen LogP contribution in [-0.4, -0.2) is 49.2 Å². The molecule has 37 heavy (non-hydrogen) atoms. The van der Waals surface area contributed by atoms with E-state index >= 15 is 0 Å². The fourth-order valence-electron chi connectivity index (χ4n) is 4.91. The van der Waals surface area contributed by atoms with Crippen LogP contribution in [0.15, 0.2) is 66.1 Å². The molecule has 1 saturated heterocycles. The zero-order valence-electron chi connectivity index (χ0n) is 22.5. The standard InChI is InChI=1S/C29H39N3O4S/c1-7-27(33)31-25-18-20(2)32(21(3)19-25)37(35,36)26-14-10-23(11-15-26)28(34)30-17-16-22-8-12-24(13-9-22)29(4,5)6/h7-15,20-21,25H,1,16-19H2,2-6H3,(H,30,34)(H,31,33). The van der Waals surface area contributed by atoms with E-state index in [4.69, 9.17) is 0 Å². The van der Waals surface area contributed by atoms with Crippen LogP contribution >= 0.6 is 0 Å². The molecule has 2 aromatic rings. The predicted octanol–water partition coefficient (Wildman–Crippen LogP) is 4.19. The van der Waals surface area contributed by atoms with Gasteiger partial charge in [-0.2, -0.15) is 4.31 Å². The van der Waals surface area contributed by atoms with Crippen LogP contribution in [0.1, 0.15) is 68.9 Å². The first-order chi connectivity index (χ1) is 17.3. The van der Waals surface area contributed by atoms with Crippen LogP contribution in [0.3, 0.4) is 0 Å². The summed E-state index contributed by atoms with van der Waals surface area (Å²) in [5.74, 6) is -0.496. The van der Waals surface area contributed by atoms with Crippen molar-refractivity contribution in [3.63, 3.8) is 0 Å². The van der Waals surface area contributed by atoms with Gasteiger partial charge in [-0.3, -0.25) is 9.59 Å². The first kappa shape index (κ1) is 28.6. The van der Waals surface area contributed by atoms with Gasteiger partial charge in [0.1, 0.15) is 0 Å². The number of benzene rings is 2. The summed E-state index contributed by atoms with van der Waals surface area (Å²) >= 11 is 0. The Morgan fingerprint density at radius 3 is 2.08 bits per heavy atom. The van der Waals surface area contributed by atoms with Crippen molar-refractivity contribution in [3.05, 3.63) is 77.9 Å². The van der Waals surface area contributed by atoms with Gasteiger partial charge in [0.2, 0.25) is 15.9 Å². The summed E-state index contributed by atoms with van der Waals surface area (Å²) in [6, 6.07) is 13.8. The lowest BCUT2D eigenvalue weighted by molar-refractivity contribution is -0.117. The van der Waals surface area contributed by atoms with E-state index in [0.717, 1.165) is 5.56 Å². The number of nitrogens with zero attached hydrogens (tertiary/aromatic N) is 1. The van der Waals surface area contributed by atoms with Gasteiger partial charge in [0.15, 0.2) is 0 Å². The highest BCUT2D eigenvalue weighted by molar-refractivity contribution is 7.89. The number of amides is 2. The molecule has 3 rings (SSSR count). The number of rotatable bonds is 8. The van der Waals surface area contributed by atoms with Crippen molar-refractivity contribution < 1.29 is 18.0 Å². The second kappa shape index (κ2) is 11.6. The van der Waals surface area contributed by atoms with Gasteiger partial charge in [-0.1, -0.05) is 51.6 Å². The SMILES string of the molecule is C=CC(=O)NC1CC(C)N(S(=O)(=O)c2ccc(C(=O)NCCc3ccc(C(C)(C)C)cc3)cc2)C(C)C1. The molecular weight excluding hydrogens is 486 g/mol. The summed E-state index contributed by atoms with van der Waals surface area (Å²) in [5.41, 5.74) is 2.92. The highest BCUT2D eigenvalue weighted by Gasteiger charge is 2.39. The van der Waals surface area contributed by atoms with Crippen molar-refractivity contribution in [2.24, 2.45) is 0 Å². The molecule has 2 unspecified atom stereocenters. The van der Waals surface area contributed by atoms with Crippen LogP contribution in [-0.2, 0) is 26.7 Å². The number of hydrogen-bond acceptors (Lipinski definition) is 4. The first-order valence-corrected chi connectivity index (χ1v) is 14.2. The average Bonchev–Trinajstić information content (AvgIpc) is 2.83. The molecule has 2 atom stereocenters. The van der Waals surface area contributed by atoms with E-state index in [1.165, 1.54) is 28.1 Å². The fraction of sp³-hybridized carbons (Fsp3) is 0.448. The third-order valence-corrected chi connectivity index (χ3v) is 9.01. The Labute approximate surface area is 221 Å². The van der Waals surface area contributed by atoms with Crippen molar-refractivity contribution in [1.82, 2.24) is 14.9 Å². The van der Waals surface area contributed by atoms with Crippen molar-refractivity contribution in [1.29, 1.82) is 0 Å². The summed E-state index contributed by atoms with van der Waals surface area (Å²) in [7, 11) is -3.76. The minimum Gasteiger partial charge on any atom is -0.352 e. The van der Waals surface area contributed by atoms with Gasteiger partial charge in [-0.25, -0.2) is 8.42 Å². The van der Waals surface area contributed by atoms with Crippen LogP contribution in [0.25, 0.3) is 0 Å². The van der Waals surface area contributed by atoms with E-state index in [9.17, 15) is 18.0 Å². The lowest BCUT2D eigenvalue weighted by Gasteiger charge is -2.41.